The van der Waals surface area contributed by atoms with E-state index in [4.69, 9.17) is 10.4 Å². The molecule has 0 bridgehead atoms. The Labute approximate surface area is 126 Å². The Kier molecular flexibility index (Phi) is 4.34. The smallest absolute Gasteiger partial charge is 0.271 e. The first-order chi connectivity index (χ1) is 10.5. The largest absolute Gasteiger partial charge is 0.493 e. The van der Waals surface area contributed by atoms with E-state index in [1.807, 2.05) is 6.07 Å². The molecule has 2 N–H and O–H groups in total. The van der Waals surface area contributed by atoms with Gasteiger partial charge in [-0.05, 0) is 24.6 Å². The van der Waals surface area contributed by atoms with Gasteiger partial charge in [0.15, 0.2) is 5.69 Å². The van der Waals surface area contributed by atoms with Gasteiger partial charge in [0.25, 0.3) is 5.56 Å². The van der Waals surface area contributed by atoms with Crippen molar-refractivity contribution >= 4 is 11.4 Å². The fourth-order valence-electron chi connectivity index (χ4n) is 1.90. The van der Waals surface area contributed by atoms with Crippen LogP contribution < -0.4 is 5.56 Å². The van der Waals surface area contributed by atoms with Crippen molar-refractivity contribution in [3.05, 3.63) is 51.3 Å². The zero-order valence-electron chi connectivity index (χ0n) is 12.1. The Morgan fingerprint density at radius 1 is 1.27 bits per heavy atom. The number of aliphatic hydroxyl groups excluding tert-OH is 1. The Balaban J connectivity index is 2.49. The topological polar surface area (TPSA) is 111 Å². The van der Waals surface area contributed by atoms with Crippen molar-refractivity contribution in [2.45, 2.75) is 13.5 Å². The molecule has 0 saturated heterocycles. The summed E-state index contributed by atoms with van der Waals surface area (Å²) < 4.78 is 0.953. The van der Waals surface area contributed by atoms with Crippen LogP contribution in [0.15, 0.2) is 39.3 Å². The van der Waals surface area contributed by atoms with Crippen molar-refractivity contribution in [3.63, 3.8) is 0 Å². The van der Waals surface area contributed by atoms with Crippen LogP contribution in [0, 0.1) is 18.3 Å². The van der Waals surface area contributed by atoms with E-state index in [0.29, 0.717) is 5.69 Å². The molecule has 112 valence electrons. The summed E-state index contributed by atoms with van der Waals surface area (Å²) in [6, 6.07) is 8.53. The fraction of sp³-hybridized carbons (Fsp3) is 0.200. The third-order valence-corrected chi connectivity index (χ3v) is 3.27. The Hall–Kier alpha value is -2.98. The van der Waals surface area contributed by atoms with E-state index >= 15 is 0 Å². The molecule has 0 aliphatic rings. The van der Waals surface area contributed by atoms with Gasteiger partial charge in [0, 0.05) is 12.6 Å². The lowest BCUT2D eigenvalue weighted by Gasteiger charge is -2.08. The van der Waals surface area contributed by atoms with Gasteiger partial charge in [-0.1, -0.05) is 12.1 Å². The molecule has 0 unspecified atom stereocenters. The Bertz CT molecular complexity index is 830. The van der Waals surface area contributed by atoms with Crippen molar-refractivity contribution in [2.24, 2.45) is 17.3 Å². The van der Waals surface area contributed by atoms with Gasteiger partial charge in [-0.25, -0.2) is 0 Å². The van der Waals surface area contributed by atoms with E-state index in [1.54, 1.807) is 24.3 Å². The monoisotopic (exact) mass is 298 g/mol. The molecule has 7 heteroatoms. The zero-order valence-corrected chi connectivity index (χ0v) is 12.1. The number of hydrogen-bond acceptors (Lipinski definition) is 6. The summed E-state index contributed by atoms with van der Waals surface area (Å²) in [7, 11) is 1.35. The molecule has 0 aliphatic carbocycles. The average molecular weight is 298 g/mol. The van der Waals surface area contributed by atoms with E-state index in [0.717, 1.165) is 10.1 Å². The molecule has 2 rings (SSSR count). The molecule has 0 amide bonds. The van der Waals surface area contributed by atoms with Crippen LogP contribution >= 0.6 is 0 Å². The average Bonchev–Trinajstić information content (AvgIpc) is 2.54. The maximum absolute atomic E-state index is 11.8. The number of aromatic nitrogens is 1. The Morgan fingerprint density at radius 2 is 1.91 bits per heavy atom. The lowest BCUT2D eigenvalue weighted by atomic mass is 10.1. The van der Waals surface area contributed by atoms with Gasteiger partial charge in [0.2, 0.25) is 5.88 Å². The number of nitriles is 1. The number of rotatable bonds is 3. The molecule has 7 nitrogen and oxygen atoms in total. The second-order valence-corrected chi connectivity index (χ2v) is 4.67. The molecule has 0 saturated carbocycles. The fourth-order valence-corrected chi connectivity index (χ4v) is 1.90. The zero-order chi connectivity index (χ0) is 16.3. The predicted molar refractivity (Wildman–Crippen MR) is 79.3 cm³/mol. The van der Waals surface area contributed by atoms with E-state index in [1.165, 1.54) is 14.0 Å². The molecule has 1 aromatic carbocycles. The normalized spacial score (nSPS) is 10.8. The highest BCUT2D eigenvalue weighted by atomic mass is 16.3. The first kappa shape index (κ1) is 15.4. The van der Waals surface area contributed by atoms with Crippen LogP contribution in [0.25, 0.3) is 0 Å². The number of aromatic hydroxyl groups is 1. The van der Waals surface area contributed by atoms with Crippen molar-refractivity contribution in [2.75, 3.05) is 0 Å². The minimum Gasteiger partial charge on any atom is -0.493 e. The molecular formula is C15H14N4O3. The molecule has 0 fully saturated rings. The lowest BCUT2D eigenvalue weighted by Crippen LogP contribution is -2.20. The van der Waals surface area contributed by atoms with Gasteiger partial charge >= 0.3 is 0 Å². The summed E-state index contributed by atoms with van der Waals surface area (Å²) in [5, 5.41) is 35.9. The summed E-state index contributed by atoms with van der Waals surface area (Å²) in [6.45, 7) is 1.46. The minimum atomic E-state index is -0.580. The molecule has 2 aromatic rings. The van der Waals surface area contributed by atoms with Crippen LogP contribution in [0.1, 0.15) is 16.7 Å². The summed E-state index contributed by atoms with van der Waals surface area (Å²) in [5.41, 5.74) is 0.951. The second-order valence-electron chi connectivity index (χ2n) is 4.67. The molecular weight excluding hydrogens is 284 g/mol. The predicted octanol–water partition coefficient (Wildman–Crippen LogP) is 2.18. The summed E-state index contributed by atoms with van der Waals surface area (Å²) in [4.78, 5) is 11.8. The van der Waals surface area contributed by atoms with Gasteiger partial charge < -0.3 is 10.2 Å². The number of azo groups is 1. The highest BCUT2D eigenvalue weighted by molar-refractivity contribution is 5.59. The maximum Gasteiger partial charge on any atom is 0.271 e. The first-order valence-corrected chi connectivity index (χ1v) is 6.43. The summed E-state index contributed by atoms with van der Waals surface area (Å²) in [6.07, 6.45) is 0. The van der Waals surface area contributed by atoms with Gasteiger partial charge in [0.05, 0.1) is 12.3 Å². The van der Waals surface area contributed by atoms with Crippen LogP contribution in [0.3, 0.4) is 0 Å². The second kappa shape index (κ2) is 6.20. The van der Waals surface area contributed by atoms with Crippen molar-refractivity contribution < 1.29 is 10.2 Å². The Morgan fingerprint density at radius 3 is 2.45 bits per heavy atom. The molecule has 0 atom stereocenters. The van der Waals surface area contributed by atoms with Gasteiger partial charge in [-0.3, -0.25) is 9.36 Å². The highest BCUT2D eigenvalue weighted by Gasteiger charge is 2.16. The molecule has 0 spiro atoms. The third-order valence-electron chi connectivity index (χ3n) is 3.27. The first-order valence-electron chi connectivity index (χ1n) is 6.43. The molecule has 22 heavy (non-hydrogen) atoms. The number of benzene rings is 1. The standard InChI is InChI=1S/C15H14N4O3/c1-9-12(7-16)14(21)19(2)15(22)13(9)18-17-11-5-3-10(8-20)4-6-11/h3-6,20,22H,8H2,1-2H3. The van der Waals surface area contributed by atoms with E-state index in [2.05, 4.69) is 10.2 Å². The lowest BCUT2D eigenvalue weighted by molar-refractivity contribution is 0.282. The molecule has 0 radical (unpaired) electrons. The van der Waals surface area contributed by atoms with Crippen LogP contribution in [0.2, 0.25) is 0 Å². The number of hydrogen-bond donors (Lipinski definition) is 2. The van der Waals surface area contributed by atoms with Gasteiger partial charge in [0.1, 0.15) is 11.6 Å². The van der Waals surface area contributed by atoms with Crippen molar-refractivity contribution in [1.29, 1.82) is 5.26 Å². The minimum absolute atomic E-state index is 0.0658. The van der Waals surface area contributed by atoms with E-state index in [9.17, 15) is 9.90 Å². The number of aliphatic hydroxyl groups is 1. The van der Waals surface area contributed by atoms with E-state index in [-0.39, 0.29) is 29.3 Å². The van der Waals surface area contributed by atoms with Crippen LogP contribution in [-0.2, 0) is 13.7 Å². The number of nitrogens with zero attached hydrogens (tertiary/aromatic N) is 4. The van der Waals surface area contributed by atoms with Gasteiger partial charge in [-0.2, -0.15) is 10.4 Å². The van der Waals surface area contributed by atoms with Crippen LogP contribution in [0.5, 0.6) is 5.88 Å². The highest BCUT2D eigenvalue weighted by Crippen LogP contribution is 2.31. The quantitative estimate of drug-likeness (QED) is 0.846. The molecule has 0 aliphatic heterocycles. The third kappa shape index (κ3) is 2.73. The van der Waals surface area contributed by atoms with Crippen molar-refractivity contribution in [3.8, 4) is 11.9 Å². The maximum atomic E-state index is 11.8. The van der Waals surface area contributed by atoms with Crippen LogP contribution in [0.4, 0.5) is 11.4 Å². The summed E-state index contributed by atoms with van der Waals surface area (Å²) >= 11 is 0. The van der Waals surface area contributed by atoms with Crippen molar-refractivity contribution in [1.82, 2.24) is 4.57 Å². The SMILES string of the molecule is Cc1c(N=Nc2ccc(CO)cc2)c(O)n(C)c(=O)c1C#N. The summed E-state index contributed by atoms with van der Waals surface area (Å²) in [5.74, 6) is -0.350. The molecule has 1 heterocycles. The number of pyridine rings is 1. The van der Waals surface area contributed by atoms with Crippen LogP contribution in [-0.4, -0.2) is 14.8 Å². The van der Waals surface area contributed by atoms with E-state index < -0.39 is 5.56 Å². The van der Waals surface area contributed by atoms with Gasteiger partial charge in [-0.15, -0.1) is 5.11 Å². The molecule has 1 aromatic heterocycles.